The fourth-order valence-corrected chi connectivity index (χ4v) is 2.69. The number of rotatable bonds is 4. The first kappa shape index (κ1) is 16.9. The summed E-state index contributed by atoms with van der Waals surface area (Å²) in [6.45, 7) is 0.683. The van der Waals surface area contributed by atoms with Crippen LogP contribution in [0.4, 0.5) is 19.3 Å². The maximum atomic E-state index is 13.0. The molecule has 7 heteroatoms. The Labute approximate surface area is 143 Å². The van der Waals surface area contributed by atoms with Crippen LogP contribution in [0.5, 0.6) is 0 Å². The summed E-state index contributed by atoms with van der Waals surface area (Å²) in [7, 11) is 0. The summed E-state index contributed by atoms with van der Waals surface area (Å²) in [6, 6.07) is 10.3. The molecule has 0 radical (unpaired) electrons. The fraction of sp³-hybridized carbons (Fsp3) is 0.222. The Morgan fingerprint density at radius 2 is 1.64 bits per heavy atom. The number of carbonyl (C=O) groups excluding carboxylic acids is 2. The van der Waals surface area contributed by atoms with Crippen molar-refractivity contribution in [3.05, 3.63) is 65.7 Å². The number of amides is 3. The zero-order valence-electron chi connectivity index (χ0n) is 13.3. The van der Waals surface area contributed by atoms with Crippen molar-refractivity contribution < 1.29 is 18.4 Å². The van der Waals surface area contributed by atoms with Gasteiger partial charge in [-0.25, -0.2) is 13.6 Å². The van der Waals surface area contributed by atoms with Gasteiger partial charge in [-0.2, -0.15) is 0 Å². The van der Waals surface area contributed by atoms with Gasteiger partial charge in [-0.1, -0.05) is 12.1 Å². The lowest BCUT2D eigenvalue weighted by Gasteiger charge is -2.17. The second-order valence-electron chi connectivity index (χ2n) is 5.76. The van der Waals surface area contributed by atoms with E-state index >= 15 is 0 Å². The molecule has 1 atom stereocenters. The molecule has 2 aromatic rings. The Kier molecular flexibility index (Phi) is 4.92. The predicted octanol–water partition coefficient (Wildman–Crippen LogP) is 2.57. The lowest BCUT2D eigenvalue weighted by molar-refractivity contribution is -0.118. The van der Waals surface area contributed by atoms with Gasteiger partial charge in [0.05, 0.1) is 0 Å². The highest BCUT2D eigenvalue weighted by atomic mass is 19.1. The molecule has 2 aromatic carbocycles. The van der Waals surface area contributed by atoms with Crippen molar-refractivity contribution in [3.8, 4) is 0 Å². The lowest BCUT2D eigenvalue weighted by atomic mass is 10.2. The number of carbonyl (C=O) groups is 2. The van der Waals surface area contributed by atoms with E-state index in [0.717, 1.165) is 5.56 Å². The molecule has 0 bridgehead atoms. The summed E-state index contributed by atoms with van der Waals surface area (Å²) >= 11 is 0. The predicted molar refractivity (Wildman–Crippen MR) is 88.9 cm³/mol. The third-order valence-electron chi connectivity index (χ3n) is 4.02. The van der Waals surface area contributed by atoms with Gasteiger partial charge in [0, 0.05) is 18.8 Å². The second kappa shape index (κ2) is 7.29. The van der Waals surface area contributed by atoms with Crippen LogP contribution in [0.2, 0.25) is 0 Å². The van der Waals surface area contributed by atoms with Gasteiger partial charge in [0.1, 0.15) is 17.7 Å². The Hall–Kier alpha value is -2.96. The number of hydrogen-bond acceptors (Lipinski definition) is 2. The van der Waals surface area contributed by atoms with Crippen LogP contribution in [-0.2, 0) is 11.3 Å². The summed E-state index contributed by atoms with van der Waals surface area (Å²) in [5.74, 6) is -0.945. The molecular weight excluding hydrogens is 328 g/mol. The molecule has 3 rings (SSSR count). The highest BCUT2D eigenvalue weighted by Crippen LogP contribution is 2.21. The van der Waals surface area contributed by atoms with E-state index < -0.39 is 12.1 Å². The summed E-state index contributed by atoms with van der Waals surface area (Å²) < 4.78 is 25.8. The van der Waals surface area contributed by atoms with Crippen LogP contribution in [0, 0.1) is 11.6 Å². The van der Waals surface area contributed by atoms with Crippen molar-refractivity contribution in [1.82, 2.24) is 10.6 Å². The molecule has 25 heavy (non-hydrogen) atoms. The van der Waals surface area contributed by atoms with E-state index in [9.17, 15) is 18.4 Å². The number of benzene rings is 2. The highest BCUT2D eigenvalue weighted by molar-refractivity contribution is 6.01. The zero-order chi connectivity index (χ0) is 17.8. The van der Waals surface area contributed by atoms with Gasteiger partial charge in [0.25, 0.3) is 0 Å². The smallest absolute Gasteiger partial charge is 0.315 e. The molecule has 1 fully saturated rings. The van der Waals surface area contributed by atoms with Crippen molar-refractivity contribution in [3.63, 3.8) is 0 Å². The Balaban J connectivity index is 1.52. The number of nitrogens with one attached hydrogen (secondary N) is 2. The van der Waals surface area contributed by atoms with Crippen LogP contribution in [0.15, 0.2) is 48.5 Å². The first-order valence-corrected chi connectivity index (χ1v) is 7.89. The van der Waals surface area contributed by atoms with E-state index in [0.29, 0.717) is 18.7 Å². The molecule has 1 aliphatic rings. The average Bonchev–Trinajstić information content (AvgIpc) is 2.96. The number of hydrogen-bond donors (Lipinski definition) is 2. The van der Waals surface area contributed by atoms with Crippen molar-refractivity contribution in [2.75, 3.05) is 11.4 Å². The van der Waals surface area contributed by atoms with Crippen LogP contribution >= 0.6 is 0 Å². The van der Waals surface area contributed by atoms with E-state index in [1.807, 2.05) is 0 Å². The number of anilines is 1. The number of nitrogens with zero attached hydrogens (tertiary/aromatic N) is 1. The number of urea groups is 1. The number of halogens is 2. The quantitative estimate of drug-likeness (QED) is 0.895. The molecule has 1 saturated heterocycles. The molecule has 0 aliphatic carbocycles. The molecule has 130 valence electrons. The Morgan fingerprint density at radius 1 is 1.04 bits per heavy atom. The van der Waals surface area contributed by atoms with Crippen molar-refractivity contribution in [2.24, 2.45) is 0 Å². The summed E-state index contributed by atoms with van der Waals surface area (Å²) in [5.41, 5.74) is 1.35. The van der Waals surface area contributed by atoms with Crippen LogP contribution in [-0.4, -0.2) is 24.5 Å². The normalized spacial score (nSPS) is 16.8. The fourth-order valence-electron chi connectivity index (χ4n) is 2.69. The summed E-state index contributed by atoms with van der Waals surface area (Å²) in [4.78, 5) is 25.9. The maximum Gasteiger partial charge on any atom is 0.315 e. The van der Waals surface area contributed by atoms with Crippen LogP contribution in [0.3, 0.4) is 0 Å². The first-order chi connectivity index (χ1) is 12.0. The van der Waals surface area contributed by atoms with Gasteiger partial charge in [-0.15, -0.1) is 0 Å². The average molecular weight is 345 g/mol. The molecule has 3 amide bonds. The topological polar surface area (TPSA) is 61.4 Å². The SMILES string of the molecule is O=C(NCc1ccc(F)cc1)N[C@H]1CCN(c2ccc(F)cc2)C1=O. The van der Waals surface area contributed by atoms with E-state index in [1.54, 1.807) is 12.1 Å². The van der Waals surface area contributed by atoms with Gasteiger partial charge in [0.15, 0.2) is 0 Å². The Bertz CT molecular complexity index is 763. The van der Waals surface area contributed by atoms with E-state index in [1.165, 1.54) is 41.3 Å². The molecule has 0 unspecified atom stereocenters. The second-order valence-corrected chi connectivity index (χ2v) is 5.76. The third kappa shape index (κ3) is 4.12. The minimum absolute atomic E-state index is 0.231. The van der Waals surface area contributed by atoms with Crippen molar-refractivity contribution >= 4 is 17.6 Å². The largest absolute Gasteiger partial charge is 0.334 e. The minimum Gasteiger partial charge on any atom is -0.334 e. The standard InChI is InChI=1S/C18H17F2N3O2/c19-13-3-1-12(2-4-13)11-21-18(25)22-16-9-10-23(17(16)24)15-7-5-14(20)6-8-15/h1-8,16H,9-11H2,(H2,21,22,25)/t16-/m0/s1. The van der Waals surface area contributed by atoms with Crippen LogP contribution in [0.1, 0.15) is 12.0 Å². The van der Waals surface area contributed by atoms with E-state index in [4.69, 9.17) is 0 Å². The van der Waals surface area contributed by atoms with Gasteiger partial charge in [-0.3, -0.25) is 4.79 Å². The van der Waals surface area contributed by atoms with Crippen LogP contribution < -0.4 is 15.5 Å². The first-order valence-electron chi connectivity index (χ1n) is 7.89. The molecule has 1 heterocycles. The van der Waals surface area contributed by atoms with Gasteiger partial charge in [0.2, 0.25) is 5.91 Å². The van der Waals surface area contributed by atoms with Gasteiger partial charge < -0.3 is 15.5 Å². The zero-order valence-corrected chi connectivity index (χ0v) is 13.3. The molecule has 5 nitrogen and oxygen atoms in total. The van der Waals surface area contributed by atoms with Crippen LogP contribution in [0.25, 0.3) is 0 Å². The summed E-state index contributed by atoms with van der Waals surface area (Å²) in [5, 5.41) is 5.27. The minimum atomic E-state index is -0.627. The van der Waals surface area contributed by atoms with E-state index in [2.05, 4.69) is 10.6 Å². The third-order valence-corrected chi connectivity index (χ3v) is 4.02. The maximum absolute atomic E-state index is 13.0. The lowest BCUT2D eigenvalue weighted by Crippen LogP contribution is -2.45. The molecule has 0 spiro atoms. The molecule has 2 N–H and O–H groups in total. The molecule has 0 aromatic heterocycles. The van der Waals surface area contributed by atoms with Gasteiger partial charge in [-0.05, 0) is 48.4 Å². The van der Waals surface area contributed by atoms with Crippen molar-refractivity contribution in [2.45, 2.75) is 19.0 Å². The molecule has 0 saturated carbocycles. The highest BCUT2D eigenvalue weighted by Gasteiger charge is 2.33. The summed E-state index contributed by atoms with van der Waals surface area (Å²) in [6.07, 6.45) is 0.472. The van der Waals surface area contributed by atoms with Crippen molar-refractivity contribution in [1.29, 1.82) is 0 Å². The molecule has 1 aliphatic heterocycles. The monoisotopic (exact) mass is 345 g/mol. The van der Waals surface area contributed by atoms with Gasteiger partial charge >= 0.3 is 6.03 Å². The van der Waals surface area contributed by atoms with E-state index in [-0.39, 0.29) is 24.1 Å². The molecular formula is C18H17F2N3O2. The Morgan fingerprint density at radius 3 is 2.28 bits per heavy atom.